The van der Waals surface area contributed by atoms with E-state index in [-0.39, 0.29) is 18.2 Å². The summed E-state index contributed by atoms with van der Waals surface area (Å²) in [7, 11) is 1.75. The van der Waals surface area contributed by atoms with Crippen molar-refractivity contribution in [2.24, 2.45) is 5.92 Å². The first-order valence-corrected chi connectivity index (χ1v) is 7.83. The first kappa shape index (κ1) is 15.8. The summed E-state index contributed by atoms with van der Waals surface area (Å²) >= 11 is 0. The van der Waals surface area contributed by atoms with Crippen LogP contribution in [0.1, 0.15) is 31.7 Å². The van der Waals surface area contributed by atoms with Crippen molar-refractivity contribution in [2.45, 2.75) is 44.8 Å². The van der Waals surface area contributed by atoms with Crippen molar-refractivity contribution in [3.8, 4) is 0 Å². The Balaban J connectivity index is 1.81. The van der Waals surface area contributed by atoms with Crippen molar-refractivity contribution < 1.29 is 9.90 Å². The van der Waals surface area contributed by atoms with Gasteiger partial charge in [-0.05, 0) is 37.2 Å². The average Bonchev–Trinajstić information content (AvgIpc) is 3.32. The van der Waals surface area contributed by atoms with Crippen LogP contribution in [0, 0.1) is 5.92 Å². The van der Waals surface area contributed by atoms with Gasteiger partial charge in [0.25, 0.3) is 0 Å². The highest BCUT2D eigenvalue weighted by Crippen LogP contribution is 2.32. The summed E-state index contributed by atoms with van der Waals surface area (Å²) in [5.74, 6) is 0.395. The second-order valence-corrected chi connectivity index (χ2v) is 6.03. The Morgan fingerprint density at radius 3 is 2.62 bits per heavy atom. The fraction of sp³-hybridized carbons (Fsp3) is 0.588. The molecule has 1 aromatic carbocycles. The van der Waals surface area contributed by atoms with Gasteiger partial charge in [0.05, 0.1) is 6.10 Å². The summed E-state index contributed by atoms with van der Waals surface area (Å²) in [4.78, 5) is 13.8. The summed E-state index contributed by atoms with van der Waals surface area (Å²) in [5, 5.41) is 13.0. The molecule has 1 fully saturated rings. The molecule has 4 nitrogen and oxygen atoms in total. The van der Waals surface area contributed by atoms with E-state index in [1.807, 2.05) is 18.2 Å². The molecule has 116 valence electrons. The van der Waals surface area contributed by atoms with E-state index in [1.165, 1.54) is 5.56 Å². The third-order valence-corrected chi connectivity index (χ3v) is 4.12. The fourth-order valence-corrected chi connectivity index (χ4v) is 2.47. The molecule has 0 bridgehead atoms. The van der Waals surface area contributed by atoms with E-state index >= 15 is 0 Å². The van der Waals surface area contributed by atoms with E-state index in [0.717, 1.165) is 25.7 Å². The van der Waals surface area contributed by atoms with E-state index < -0.39 is 0 Å². The van der Waals surface area contributed by atoms with E-state index in [4.69, 9.17) is 0 Å². The molecule has 2 rings (SSSR count). The number of benzene rings is 1. The number of hydrogen-bond donors (Lipinski definition) is 2. The predicted molar refractivity (Wildman–Crippen MR) is 84.1 cm³/mol. The molecule has 1 aliphatic rings. The Bertz CT molecular complexity index is 445. The maximum Gasteiger partial charge on any atom is 0.317 e. The lowest BCUT2D eigenvalue weighted by Gasteiger charge is -2.24. The lowest BCUT2D eigenvalue weighted by molar-refractivity contribution is 0.112. The van der Waals surface area contributed by atoms with Crippen molar-refractivity contribution >= 4 is 6.03 Å². The largest absolute Gasteiger partial charge is 0.391 e. The minimum Gasteiger partial charge on any atom is -0.391 e. The summed E-state index contributed by atoms with van der Waals surface area (Å²) in [5.41, 5.74) is 1.23. The highest BCUT2D eigenvalue weighted by molar-refractivity contribution is 5.74. The van der Waals surface area contributed by atoms with Gasteiger partial charge in [0.1, 0.15) is 0 Å². The molecule has 0 saturated heterocycles. The molecule has 1 aliphatic carbocycles. The fourth-order valence-electron chi connectivity index (χ4n) is 2.47. The van der Waals surface area contributed by atoms with Crippen LogP contribution in [0.4, 0.5) is 4.79 Å². The van der Waals surface area contributed by atoms with E-state index in [9.17, 15) is 9.90 Å². The molecule has 0 aromatic heterocycles. The average molecular weight is 290 g/mol. The molecular formula is C17H26N2O2. The molecule has 2 N–H and O–H groups in total. The number of aliphatic hydroxyl groups excluding tert-OH is 1. The lowest BCUT2D eigenvalue weighted by Crippen LogP contribution is -2.46. The third kappa shape index (κ3) is 5.05. The van der Waals surface area contributed by atoms with E-state index in [2.05, 4.69) is 24.4 Å². The first-order valence-electron chi connectivity index (χ1n) is 7.83. The quantitative estimate of drug-likeness (QED) is 0.810. The van der Waals surface area contributed by atoms with Gasteiger partial charge in [0.2, 0.25) is 0 Å². The molecule has 0 heterocycles. The zero-order valence-electron chi connectivity index (χ0n) is 13.0. The summed E-state index contributed by atoms with van der Waals surface area (Å²) in [6.45, 7) is 2.49. The molecule has 21 heavy (non-hydrogen) atoms. The number of nitrogens with one attached hydrogen (secondary N) is 1. The first-order chi connectivity index (χ1) is 10.1. The number of urea groups is 1. The van der Waals surface area contributed by atoms with Crippen LogP contribution in [0.2, 0.25) is 0 Å². The maximum absolute atomic E-state index is 12.2. The Morgan fingerprint density at radius 1 is 1.38 bits per heavy atom. The molecule has 4 heteroatoms. The zero-order valence-corrected chi connectivity index (χ0v) is 13.0. The van der Waals surface area contributed by atoms with Crippen LogP contribution in [0.3, 0.4) is 0 Å². The number of rotatable bonds is 7. The summed E-state index contributed by atoms with van der Waals surface area (Å²) in [6.07, 6.45) is 3.52. The molecule has 0 aliphatic heterocycles. The Labute approximate surface area is 127 Å². The lowest BCUT2D eigenvalue weighted by atomic mass is 10.0. The van der Waals surface area contributed by atoms with Crippen molar-refractivity contribution in [2.75, 3.05) is 13.6 Å². The van der Waals surface area contributed by atoms with Gasteiger partial charge in [-0.1, -0.05) is 37.3 Å². The van der Waals surface area contributed by atoms with Gasteiger partial charge in [-0.3, -0.25) is 0 Å². The minimum absolute atomic E-state index is 0.0996. The van der Waals surface area contributed by atoms with Gasteiger partial charge in [-0.25, -0.2) is 4.79 Å². The molecule has 2 unspecified atom stereocenters. The number of carbonyl (C=O) groups excluding carboxylic acids is 1. The van der Waals surface area contributed by atoms with Gasteiger partial charge in [-0.2, -0.15) is 0 Å². The number of carbonyl (C=O) groups is 1. The van der Waals surface area contributed by atoms with Crippen molar-refractivity contribution in [3.05, 3.63) is 35.9 Å². The normalized spacial score (nSPS) is 17.1. The predicted octanol–water partition coefficient (Wildman–Crippen LogP) is 2.42. The third-order valence-electron chi connectivity index (χ3n) is 4.12. The minimum atomic E-state index is -0.380. The van der Waals surface area contributed by atoms with Crippen LogP contribution in [0.25, 0.3) is 0 Å². The Kier molecular flexibility index (Phi) is 5.62. The maximum atomic E-state index is 12.2. The van der Waals surface area contributed by atoms with Gasteiger partial charge in [-0.15, -0.1) is 0 Å². The van der Waals surface area contributed by atoms with E-state index in [1.54, 1.807) is 11.9 Å². The number of likely N-dealkylation sites (N-methyl/N-ethyl adjacent to an activating group) is 1. The second-order valence-electron chi connectivity index (χ2n) is 6.03. The second kappa shape index (κ2) is 7.46. The smallest absolute Gasteiger partial charge is 0.317 e. The number of hydrogen-bond acceptors (Lipinski definition) is 2. The molecule has 1 saturated carbocycles. The Morgan fingerprint density at radius 2 is 2.05 bits per heavy atom. The standard InChI is InChI=1S/C17H26N2O2/c1-3-15(11-13-7-5-4-6-8-13)18-17(21)19(2)12-16(20)14-9-10-14/h4-8,14-16,20H,3,9-12H2,1-2H3,(H,18,21). The van der Waals surface area contributed by atoms with Crippen LogP contribution in [-0.2, 0) is 6.42 Å². The monoisotopic (exact) mass is 290 g/mol. The van der Waals surface area contributed by atoms with Gasteiger partial charge < -0.3 is 15.3 Å². The van der Waals surface area contributed by atoms with Crippen molar-refractivity contribution in [3.63, 3.8) is 0 Å². The SMILES string of the molecule is CCC(Cc1ccccc1)NC(=O)N(C)CC(O)C1CC1. The number of amides is 2. The van der Waals surface area contributed by atoms with Gasteiger partial charge in [0.15, 0.2) is 0 Å². The number of nitrogens with zero attached hydrogens (tertiary/aromatic N) is 1. The van der Waals surface area contributed by atoms with E-state index in [0.29, 0.717) is 12.5 Å². The van der Waals surface area contributed by atoms with Crippen molar-refractivity contribution in [1.82, 2.24) is 10.2 Å². The zero-order chi connectivity index (χ0) is 15.2. The molecule has 2 atom stereocenters. The number of aliphatic hydroxyl groups is 1. The molecular weight excluding hydrogens is 264 g/mol. The molecule has 0 radical (unpaired) electrons. The van der Waals surface area contributed by atoms with Crippen LogP contribution < -0.4 is 5.32 Å². The van der Waals surface area contributed by atoms with Gasteiger partial charge in [0, 0.05) is 19.6 Å². The van der Waals surface area contributed by atoms with Crippen LogP contribution in [0.15, 0.2) is 30.3 Å². The summed E-state index contributed by atoms with van der Waals surface area (Å²) < 4.78 is 0. The van der Waals surface area contributed by atoms with Crippen LogP contribution in [-0.4, -0.2) is 41.8 Å². The molecule has 0 spiro atoms. The van der Waals surface area contributed by atoms with Crippen LogP contribution >= 0.6 is 0 Å². The molecule has 1 aromatic rings. The highest BCUT2D eigenvalue weighted by Gasteiger charge is 2.31. The molecule has 2 amide bonds. The van der Waals surface area contributed by atoms with Crippen molar-refractivity contribution in [1.29, 1.82) is 0 Å². The summed E-state index contributed by atoms with van der Waals surface area (Å²) in [6, 6.07) is 10.2. The van der Waals surface area contributed by atoms with Gasteiger partial charge >= 0.3 is 6.03 Å². The topological polar surface area (TPSA) is 52.6 Å². The highest BCUT2D eigenvalue weighted by atomic mass is 16.3. The Hall–Kier alpha value is -1.55. The van der Waals surface area contributed by atoms with Crippen LogP contribution in [0.5, 0.6) is 0 Å².